The maximum Gasteiger partial charge on any atom is 0.416 e. The van der Waals surface area contributed by atoms with Gasteiger partial charge in [-0.2, -0.15) is 13.2 Å². The summed E-state index contributed by atoms with van der Waals surface area (Å²) < 4.78 is 44.9. The van der Waals surface area contributed by atoms with E-state index in [9.17, 15) is 22.8 Å². The molecule has 188 valence electrons. The number of amides is 2. The monoisotopic (exact) mass is 488 g/mol. The summed E-state index contributed by atoms with van der Waals surface area (Å²) in [4.78, 5) is 30.0. The fourth-order valence-electron chi connectivity index (χ4n) is 5.01. The van der Waals surface area contributed by atoms with E-state index in [-0.39, 0.29) is 30.4 Å². The summed E-state index contributed by atoms with van der Waals surface area (Å²) in [6.45, 7) is 2.60. The maximum atomic E-state index is 13.2. The molecule has 2 aliphatic heterocycles. The SMILES string of the molecule is O=C(C[C@@]1(COc2ccccc2)CCCN(C(=O)c2ccc(C(F)(F)F)cc2)C1)N1CCCCC1. The Morgan fingerprint density at radius 3 is 2.17 bits per heavy atom. The highest BCUT2D eigenvalue weighted by Gasteiger charge is 2.41. The van der Waals surface area contributed by atoms with Crippen molar-refractivity contribution in [1.29, 1.82) is 0 Å². The number of nitrogens with zero attached hydrogens (tertiary/aromatic N) is 2. The van der Waals surface area contributed by atoms with E-state index in [0.717, 1.165) is 50.9 Å². The molecule has 2 aromatic rings. The molecule has 2 saturated heterocycles. The standard InChI is InChI=1S/C27H31F3N2O3/c28-27(29,30)22-12-10-21(11-13-22)25(34)32-17-7-14-26(19-32,20-35-23-8-3-1-4-9-23)18-24(33)31-15-5-2-6-16-31/h1,3-4,8-13H,2,5-7,14-20H2/t26-/m0/s1. The molecule has 0 spiro atoms. The molecule has 1 atom stereocenters. The topological polar surface area (TPSA) is 49.9 Å². The largest absolute Gasteiger partial charge is 0.493 e. The molecule has 0 aliphatic carbocycles. The van der Waals surface area contributed by atoms with E-state index in [1.165, 1.54) is 12.1 Å². The van der Waals surface area contributed by atoms with E-state index in [2.05, 4.69) is 0 Å². The van der Waals surface area contributed by atoms with Crippen molar-refractivity contribution in [3.63, 3.8) is 0 Å². The number of ether oxygens (including phenoxy) is 1. The van der Waals surface area contributed by atoms with Crippen LogP contribution in [-0.4, -0.2) is 54.4 Å². The summed E-state index contributed by atoms with van der Waals surface area (Å²) in [5, 5.41) is 0. The van der Waals surface area contributed by atoms with Gasteiger partial charge in [0, 0.05) is 43.6 Å². The highest BCUT2D eigenvalue weighted by molar-refractivity contribution is 5.94. The van der Waals surface area contributed by atoms with Gasteiger partial charge in [0.05, 0.1) is 12.2 Å². The molecule has 0 unspecified atom stereocenters. The third-order valence-corrected chi connectivity index (χ3v) is 6.93. The minimum absolute atomic E-state index is 0.0743. The second-order valence-electron chi connectivity index (χ2n) is 9.63. The van der Waals surface area contributed by atoms with E-state index in [0.29, 0.717) is 25.3 Å². The van der Waals surface area contributed by atoms with Gasteiger partial charge in [-0.25, -0.2) is 0 Å². The number of likely N-dealkylation sites (tertiary alicyclic amines) is 2. The smallest absolute Gasteiger partial charge is 0.416 e. The predicted molar refractivity (Wildman–Crippen MR) is 126 cm³/mol. The molecule has 0 N–H and O–H groups in total. The minimum Gasteiger partial charge on any atom is -0.493 e. The van der Waals surface area contributed by atoms with Gasteiger partial charge in [-0.15, -0.1) is 0 Å². The number of hydrogen-bond donors (Lipinski definition) is 0. The maximum absolute atomic E-state index is 13.2. The normalized spacial score (nSPS) is 21.0. The Bertz CT molecular complexity index is 1000. The van der Waals surface area contributed by atoms with Crippen molar-refractivity contribution in [2.75, 3.05) is 32.8 Å². The molecule has 2 amide bonds. The molecular formula is C27H31F3N2O3. The van der Waals surface area contributed by atoms with Crippen LogP contribution in [0.15, 0.2) is 54.6 Å². The Balaban J connectivity index is 1.51. The van der Waals surface area contributed by atoms with E-state index in [1.54, 1.807) is 4.90 Å². The summed E-state index contributed by atoms with van der Waals surface area (Å²) in [5.74, 6) is 0.446. The van der Waals surface area contributed by atoms with Gasteiger partial charge in [-0.05, 0) is 68.5 Å². The van der Waals surface area contributed by atoms with Crippen LogP contribution in [0.1, 0.15) is 54.4 Å². The highest BCUT2D eigenvalue weighted by atomic mass is 19.4. The number of para-hydroxylation sites is 1. The third-order valence-electron chi connectivity index (χ3n) is 6.93. The Labute approximate surface area is 203 Å². The average Bonchev–Trinajstić information content (AvgIpc) is 2.88. The number of rotatable bonds is 6. The lowest BCUT2D eigenvalue weighted by Crippen LogP contribution is -2.51. The number of benzene rings is 2. The Morgan fingerprint density at radius 1 is 0.857 bits per heavy atom. The molecular weight excluding hydrogens is 457 g/mol. The van der Waals surface area contributed by atoms with Crippen molar-refractivity contribution < 1.29 is 27.5 Å². The number of carbonyl (C=O) groups is 2. The molecule has 8 heteroatoms. The summed E-state index contributed by atoms with van der Waals surface area (Å²) in [5.41, 5.74) is -1.14. The molecule has 4 rings (SSSR count). The van der Waals surface area contributed by atoms with Gasteiger partial charge in [-0.1, -0.05) is 18.2 Å². The quantitative estimate of drug-likeness (QED) is 0.547. The molecule has 2 aromatic carbocycles. The third kappa shape index (κ3) is 6.35. The first-order valence-electron chi connectivity index (χ1n) is 12.2. The van der Waals surface area contributed by atoms with Gasteiger partial charge in [-0.3, -0.25) is 9.59 Å². The Hall–Kier alpha value is -3.03. The Morgan fingerprint density at radius 2 is 1.51 bits per heavy atom. The van der Waals surface area contributed by atoms with Crippen molar-refractivity contribution in [3.05, 3.63) is 65.7 Å². The molecule has 0 radical (unpaired) electrons. The van der Waals surface area contributed by atoms with E-state index < -0.39 is 17.2 Å². The zero-order chi connectivity index (χ0) is 24.9. The molecule has 0 bridgehead atoms. The second kappa shape index (κ2) is 10.7. The van der Waals surface area contributed by atoms with Crippen molar-refractivity contribution >= 4 is 11.8 Å². The van der Waals surface area contributed by atoms with E-state index in [1.807, 2.05) is 35.2 Å². The summed E-state index contributed by atoms with van der Waals surface area (Å²) >= 11 is 0. The number of piperidine rings is 2. The van der Waals surface area contributed by atoms with E-state index >= 15 is 0 Å². The van der Waals surface area contributed by atoms with Gasteiger partial charge in [0.1, 0.15) is 5.75 Å². The van der Waals surface area contributed by atoms with Gasteiger partial charge < -0.3 is 14.5 Å². The van der Waals surface area contributed by atoms with Gasteiger partial charge in [0.15, 0.2) is 0 Å². The van der Waals surface area contributed by atoms with Gasteiger partial charge >= 0.3 is 6.18 Å². The summed E-state index contributed by atoms with van der Waals surface area (Å²) in [7, 11) is 0. The lowest BCUT2D eigenvalue weighted by molar-refractivity contribution is -0.137. The lowest BCUT2D eigenvalue weighted by atomic mass is 9.77. The van der Waals surface area contributed by atoms with Crippen LogP contribution in [0.2, 0.25) is 0 Å². The molecule has 2 aliphatic rings. The average molecular weight is 489 g/mol. The first kappa shape index (κ1) is 25.1. The van der Waals surface area contributed by atoms with Crippen LogP contribution in [0.4, 0.5) is 13.2 Å². The predicted octanol–water partition coefficient (Wildman–Crippen LogP) is 5.41. The minimum atomic E-state index is -4.45. The molecule has 35 heavy (non-hydrogen) atoms. The summed E-state index contributed by atoms with van der Waals surface area (Å²) in [6.07, 6.45) is 0.368. The fourth-order valence-corrected chi connectivity index (χ4v) is 5.01. The van der Waals surface area contributed by atoms with Crippen LogP contribution in [0.3, 0.4) is 0 Å². The first-order valence-corrected chi connectivity index (χ1v) is 12.2. The summed E-state index contributed by atoms with van der Waals surface area (Å²) in [6, 6.07) is 13.7. The zero-order valence-corrected chi connectivity index (χ0v) is 19.7. The Kier molecular flexibility index (Phi) is 7.67. The molecule has 0 saturated carbocycles. The molecule has 5 nitrogen and oxygen atoms in total. The zero-order valence-electron chi connectivity index (χ0n) is 19.7. The van der Waals surface area contributed by atoms with E-state index in [4.69, 9.17) is 4.74 Å². The second-order valence-corrected chi connectivity index (χ2v) is 9.63. The van der Waals surface area contributed by atoms with Crippen molar-refractivity contribution in [1.82, 2.24) is 9.80 Å². The van der Waals surface area contributed by atoms with Crippen LogP contribution < -0.4 is 4.74 Å². The number of carbonyl (C=O) groups excluding carboxylic acids is 2. The molecule has 2 fully saturated rings. The number of halogens is 3. The van der Waals surface area contributed by atoms with Crippen molar-refractivity contribution in [2.24, 2.45) is 5.41 Å². The van der Waals surface area contributed by atoms with Crippen LogP contribution in [0.25, 0.3) is 0 Å². The van der Waals surface area contributed by atoms with Gasteiger partial charge in [0.2, 0.25) is 5.91 Å². The van der Waals surface area contributed by atoms with Gasteiger partial charge in [0.25, 0.3) is 5.91 Å². The van der Waals surface area contributed by atoms with Crippen molar-refractivity contribution in [3.8, 4) is 5.75 Å². The van der Waals surface area contributed by atoms with Crippen LogP contribution in [-0.2, 0) is 11.0 Å². The number of alkyl halides is 3. The van der Waals surface area contributed by atoms with Crippen molar-refractivity contribution in [2.45, 2.75) is 44.7 Å². The van der Waals surface area contributed by atoms with Crippen LogP contribution in [0.5, 0.6) is 5.75 Å². The molecule has 2 heterocycles. The lowest BCUT2D eigenvalue weighted by Gasteiger charge is -2.43. The fraction of sp³-hybridized carbons (Fsp3) is 0.481. The van der Waals surface area contributed by atoms with Crippen LogP contribution in [0, 0.1) is 5.41 Å². The molecule has 0 aromatic heterocycles. The van der Waals surface area contributed by atoms with Crippen LogP contribution >= 0.6 is 0 Å². The highest BCUT2D eigenvalue weighted by Crippen LogP contribution is 2.36. The number of hydrogen-bond acceptors (Lipinski definition) is 3. The first-order chi connectivity index (χ1) is 16.8.